The Morgan fingerprint density at radius 1 is 1.13 bits per heavy atom. The maximum absolute atomic E-state index is 14.7. The fourth-order valence-electron chi connectivity index (χ4n) is 7.54. The van der Waals surface area contributed by atoms with Crippen molar-refractivity contribution in [2.45, 2.75) is 58.8 Å². The van der Waals surface area contributed by atoms with E-state index in [-0.39, 0.29) is 82.1 Å². The Morgan fingerprint density at radius 3 is 2.56 bits per heavy atom. The number of halogens is 4. The number of fused-ring (bicyclic) bond motifs is 1. The summed E-state index contributed by atoms with van der Waals surface area (Å²) < 4.78 is 46.9. The molecule has 3 fully saturated rings. The van der Waals surface area contributed by atoms with Crippen LogP contribution in [0.2, 0.25) is 5.02 Å². The van der Waals surface area contributed by atoms with E-state index in [0.29, 0.717) is 56.3 Å². The SMILES string of the molecule is CCc1c(N2CCN(C(=O)c3ncnc(C)c3O)CC2CC)c(=O)c2nc(N3CCC4(COC4)C3)cnc2n1CC(=O)Nc1ccc(C(F)(F)F)cc1Cl. The topological polar surface area (TPSA) is 159 Å². The Kier molecular flexibility index (Phi) is 9.89. The molecule has 0 radical (unpaired) electrons. The maximum atomic E-state index is 14.7. The molecular weight excluding hydrogens is 731 g/mol. The van der Waals surface area contributed by atoms with Crippen LogP contribution in [0.25, 0.3) is 11.2 Å². The van der Waals surface area contributed by atoms with Crippen molar-refractivity contribution >= 4 is 51.8 Å². The largest absolute Gasteiger partial charge is 0.504 e. The first kappa shape index (κ1) is 37.3. The van der Waals surface area contributed by atoms with Gasteiger partial charge in [0.05, 0.1) is 41.4 Å². The number of carbonyl (C=O) groups excluding carboxylic acids is 2. The molecule has 2 amide bonds. The van der Waals surface area contributed by atoms with E-state index in [2.05, 4.69) is 20.2 Å². The first-order chi connectivity index (χ1) is 25.7. The molecule has 286 valence electrons. The lowest BCUT2D eigenvalue weighted by Crippen LogP contribution is -2.56. The number of hydrogen-bond donors (Lipinski definition) is 2. The molecule has 3 aromatic heterocycles. The van der Waals surface area contributed by atoms with Crippen molar-refractivity contribution in [2.75, 3.05) is 61.1 Å². The van der Waals surface area contributed by atoms with Crippen LogP contribution in [-0.4, -0.2) is 98.3 Å². The average molecular weight is 770 g/mol. The normalized spacial score (nSPS) is 18.4. The molecule has 14 nitrogen and oxygen atoms in total. The number of nitrogens with one attached hydrogen (secondary N) is 1. The minimum absolute atomic E-state index is 0.00801. The quantitative estimate of drug-likeness (QED) is 0.261. The Bertz CT molecular complexity index is 2200. The van der Waals surface area contributed by atoms with Crippen molar-refractivity contribution in [2.24, 2.45) is 5.41 Å². The van der Waals surface area contributed by atoms with Crippen LogP contribution < -0.4 is 20.5 Å². The van der Waals surface area contributed by atoms with Crippen molar-refractivity contribution in [3.63, 3.8) is 0 Å². The molecule has 1 spiro atoms. The minimum atomic E-state index is -4.61. The molecule has 2 N–H and O–H groups in total. The molecule has 3 aliphatic rings. The molecule has 54 heavy (non-hydrogen) atoms. The highest BCUT2D eigenvalue weighted by atomic mass is 35.5. The Balaban J connectivity index is 1.27. The highest BCUT2D eigenvalue weighted by Gasteiger charge is 2.45. The monoisotopic (exact) mass is 769 g/mol. The predicted octanol–water partition coefficient (Wildman–Crippen LogP) is 4.44. The van der Waals surface area contributed by atoms with E-state index in [1.807, 2.05) is 18.7 Å². The summed E-state index contributed by atoms with van der Waals surface area (Å²) in [5, 5.41) is 12.9. The molecule has 3 aliphatic heterocycles. The molecule has 7 rings (SSSR count). The van der Waals surface area contributed by atoms with Gasteiger partial charge in [0.15, 0.2) is 22.6 Å². The van der Waals surface area contributed by atoms with Gasteiger partial charge >= 0.3 is 6.18 Å². The van der Waals surface area contributed by atoms with Gasteiger partial charge in [0.25, 0.3) is 5.91 Å². The minimum Gasteiger partial charge on any atom is -0.504 e. The van der Waals surface area contributed by atoms with E-state index in [4.69, 9.17) is 26.3 Å². The predicted molar refractivity (Wildman–Crippen MR) is 194 cm³/mol. The van der Waals surface area contributed by atoms with Gasteiger partial charge in [-0.05, 0) is 44.4 Å². The number of hydrogen-bond acceptors (Lipinski definition) is 11. The molecule has 1 unspecified atom stereocenters. The molecular formula is C36H39ClF3N9O5. The number of aryl methyl sites for hydroxylation is 1. The summed E-state index contributed by atoms with van der Waals surface area (Å²) in [4.78, 5) is 65.1. The van der Waals surface area contributed by atoms with Gasteiger partial charge in [0.1, 0.15) is 24.4 Å². The van der Waals surface area contributed by atoms with Crippen LogP contribution in [0.1, 0.15) is 54.1 Å². The summed E-state index contributed by atoms with van der Waals surface area (Å²) in [5.41, 5.74) is -0.0711. The van der Waals surface area contributed by atoms with Crippen LogP contribution in [0.15, 0.2) is 35.5 Å². The number of pyridine rings is 1. The zero-order valence-electron chi connectivity index (χ0n) is 29.9. The zero-order valence-corrected chi connectivity index (χ0v) is 30.7. The van der Waals surface area contributed by atoms with Crippen LogP contribution in [0.3, 0.4) is 0 Å². The zero-order chi connectivity index (χ0) is 38.5. The summed E-state index contributed by atoms with van der Waals surface area (Å²) in [6.07, 6.45) is -0.0501. The number of anilines is 3. The van der Waals surface area contributed by atoms with Crippen molar-refractivity contribution in [1.29, 1.82) is 0 Å². The van der Waals surface area contributed by atoms with Crippen molar-refractivity contribution < 1.29 is 32.6 Å². The summed E-state index contributed by atoms with van der Waals surface area (Å²) >= 11 is 6.17. The molecule has 0 saturated carbocycles. The number of amides is 2. The van der Waals surface area contributed by atoms with E-state index in [1.165, 1.54) is 6.33 Å². The number of rotatable bonds is 8. The van der Waals surface area contributed by atoms with Gasteiger partial charge in [-0.25, -0.2) is 19.9 Å². The third-order valence-electron chi connectivity index (χ3n) is 10.5. The Morgan fingerprint density at radius 2 is 1.91 bits per heavy atom. The van der Waals surface area contributed by atoms with Gasteiger partial charge in [-0.2, -0.15) is 13.2 Å². The van der Waals surface area contributed by atoms with E-state index in [0.717, 1.165) is 24.6 Å². The Hall–Kier alpha value is -5.03. The third kappa shape index (κ3) is 6.78. The van der Waals surface area contributed by atoms with Gasteiger partial charge in [-0.3, -0.25) is 14.4 Å². The summed E-state index contributed by atoms with van der Waals surface area (Å²) in [6.45, 7) is 8.40. The molecule has 4 aromatic rings. The second-order valence-corrected chi connectivity index (χ2v) is 14.4. The highest BCUT2D eigenvalue weighted by molar-refractivity contribution is 6.33. The van der Waals surface area contributed by atoms with Gasteiger partial charge in [-0.15, -0.1) is 0 Å². The summed E-state index contributed by atoms with van der Waals surface area (Å²) in [6, 6.07) is 2.33. The Labute approximate surface area is 312 Å². The number of alkyl halides is 3. The van der Waals surface area contributed by atoms with Crippen molar-refractivity contribution in [3.8, 4) is 5.75 Å². The molecule has 1 aromatic carbocycles. The van der Waals surface area contributed by atoms with Crippen molar-refractivity contribution in [1.82, 2.24) is 29.4 Å². The molecule has 0 bridgehead atoms. The first-order valence-electron chi connectivity index (χ1n) is 17.7. The number of aromatic hydroxyl groups is 1. The number of ether oxygens (including phenoxy) is 1. The fraction of sp³-hybridized carbons (Fsp3) is 0.472. The van der Waals surface area contributed by atoms with E-state index in [1.54, 1.807) is 22.6 Å². The van der Waals surface area contributed by atoms with Crippen LogP contribution >= 0.6 is 11.6 Å². The average Bonchev–Trinajstić information content (AvgIpc) is 3.61. The maximum Gasteiger partial charge on any atom is 0.416 e. The van der Waals surface area contributed by atoms with Crippen molar-refractivity contribution in [3.05, 3.63) is 68.6 Å². The molecule has 18 heteroatoms. The van der Waals surface area contributed by atoms with Gasteiger partial charge < -0.3 is 34.4 Å². The lowest BCUT2D eigenvalue weighted by Gasteiger charge is -2.43. The molecule has 3 saturated heterocycles. The molecule has 0 aliphatic carbocycles. The highest BCUT2D eigenvalue weighted by Crippen LogP contribution is 2.39. The smallest absolute Gasteiger partial charge is 0.416 e. The second-order valence-electron chi connectivity index (χ2n) is 14.0. The summed E-state index contributed by atoms with van der Waals surface area (Å²) in [7, 11) is 0. The number of nitrogens with zero attached hydrogens (tertiary/aromatic N) is 8. The molecule has 1 atom stereocenters. The number of piperazine rings is 1. The summed E-state index contributed by atoms with van der Waals surface area (Å²) in [5.74, 6) is -0.838. The number of carbonyl (C=O) groups is 2. The van der Waals surface area contributed by atoms with Gasteiger partial charge in [0, 0.05) is 49.9 Å². The van der Waals surface area contributed by atoms with E-state index >= 15 is 0 Å². The van der Waals surface area contributed by atoms with Gasteiger partial charge in [0.2, 0.25) is 11.3 Å². The lowest BCUT2D eigenvalue weighted by molar-refractivity contribution is -0.137. The van der Waals surface area contributed by atoms with Crippen LogP contribution in [0.4, 0.5) is 30.4 Å². The lowest BCUT2D eigenvalue weighted by atomic mass is 9.85. The number of aromatic nitrogens is 5. The van der Waals surface area contributed by atoms with Crippen LogP contribution in [-0.2, 0) is 28.7 Å². The van der Waals surface area contributed by atoms with E-state index < -0.39 is 23.6 Å². The van der Waals surface area contributed by atoms with Crippen LogP contribution in [0, 0.1) is 12.3 Å². The second kappa shape index (κ2) is 14.3. The van der Waals surface area contributed by atoms with Gasteiger partial charge in [-0.1, -0.05) is 25.4 Å². The van der Waals surface area contributed by atoms with E-state index in [9.17, 15) is 32.7 Å². The number of benzene rings is 1. The third-order valence-corrected chi connectivity index (χ3v) is 10.9. The first-order valence-corrected chi connectivity index (χ1v) is 18.1. The fourth-order valence-corrected chi connectivity index (χ4v) is 7.77. The molecule has 6 heterocycles. The standard InChI is InChI=1S/C36H39ClF3N9O5/c1-4-22-14-46(34(53)29-31(51)20(3)42-19-43-29)10-11-48(22)30-25(5-2)49(15-27(50)44-24-7-6-21(12-23(24)37)36(38,39)40)33-28(32(30)52)45-26(13-41-33)47-9-8-35(16-47)17-54-18-35/h6-7,12-13,19,22,51H,4-5,8-11,14-18H2,1-3H3,(H,44,50). The van der Waals surface area contributed by atoms with Crippen LogP contribution in [0.5, 0.6) is 5.75 Å².